The second kappa shape index (κ2) is 12.1. The molecule has 0 unspecified atom stereocenters. The fraction of sp³-hybridized carbons (Fsp3) is 0.360. The van der Waals surface area contributed by atoms with E-state index in [-0.39, 0.29) is 11.8 Å². The van der Waals surface area contributed by atoms with Crippen molar-refractivity contribution in [2.45, 2.75) is 45.7 Å². The number of aromatic nitrogens is 2. The summed E-state index contributed by atoms with van der Waals surface area (Å²) in [5, 5.41) is 5.70. The van der Waals surface area contributed by atoms with Gasteiger partial charge in [-0.3, -0.25) is 0 Å². The molecule has 2 N–H and O–H groups in total. The second-order valence-electron chi connectivity index (χ2n) is 7.66. The SMILES string of the molecule is CCCCCOc1cccc(Nc2nc(Nc3ccc(OCCC)cc3)ncc2C(F)(F)F)c1. The van der Waals surface area contributed by atoms with Crippen LogP contribution in [0.3, 0.4) is 0 Å². The molecule has 0 spiro atoms. The van der Waals surface area contributed by atoms with Crippen LogP contribution in [0.25, 0.3) is 0 Å². The van der Waals surface area contributed by atoms with E-state index in [1.165, 1.54) is 0 Å². The molecule has 0 saturated carbocycles. The van der Waals surface area contributed by atoms with E-state index in [0.29, 0.717) is 36.1 Å². The highest BCUT2D eigenvalue weighted by atomic mass is 19.4. The smallest absolute Gasteiger partial charge is 0.421 e. The maximum Gasteiger partial charge on any atom is 0.421 e. The molecule has 0 aliphatic rings. The summed E-state index contributed by atoms with van der Waals surface area (Å²) in [4.78, 5) is 7.94. The van der Waals surface area contributed by atoms with Gasteiger partial charge in [0.25, 0.3) is 0 Å². The van der Waals surface area contributed by atoms with Crippen molar-refractivity contribution in [2.24, 2.45) is 0 Å². The van der Waals surface area contributed by atoms with Crippen LogP contribution in [0, 0.1) is 0 Å². The Kier molecular flexibility index (Phi) is 8.95. The Bertz CT molecular complexity index is 1040. The average molecular weight is 475 g/mol. The molecule has 1 heterocycles. The summed E-state index contributed by atoms with van der Waals surface area (Å²) in [5.41, 5.74) is 0.0910. The Morgan fingerprint density at radius 2 is 1.59 bits per heavy atom. The number of ether oxygens (including phenoxy) is 2. The van der Waals surface area contributed by atoms with E-state index in [1.807, 2.05) is 6.92 Å². The normalized spacial score (nSPS) is 11.2. The Hall–Kier alpha value is -3.49. The zero-order chi connectivity index (χ0) is 24.4. The van der Waals surface area contributed by atoms with E-state index in [9.17, 15) is 13.2 Å². The summed E-state index contributed by atoms with van der Waals surface area (Å²) in [6, 6.07) is 13.8. The third-order valence-electron chi connectivity index (χ3n) is 4.79. The maximum atomic E-state index is 13.6. The molecule has 1 aromatic heterocycles. The lowest BCUT2D eigenvalue weighted by atomic mass is 10.2. The van der Waals surface area contributed by atoms with Crippen LogP contribution in [0.1, 0.15) is 45.1 Å². The van der Waals surface area contributed by atoms with Gasteiger partial charge in [0.15, 0.2) is 0 Å². The van der Waals surface area contributed by atoms with E-state index in [0.717, 1.165) is 31.9 Å². The standard InChI is InChI=1S/C25H29F3N4O2/c1-3-5-6-15-34-21-9-7-8-19(16-21)30-23-22(25(26,27)28)17-29-24(32-23)31-18-10-12-20(13-11-18)33-14-4-2/h7-13,16-17H,3-6,14-15H2,1-2H3,(H2,29,30,31,32). The molecule has 0 radical (unpaired) electrons. The van der Waals surface area contributed by atoms with Crippen LogP contribution < -0.4 is 20.1 Å². The lowest BCUT2D eigenvalue weighted by molar-refractivity contribution is -0.137. The molecule has 34 heavy (non-hydrogen) atoms. The molecule has 0 bridgehead atoms. The van der Waals surface area contributed by atoms with Gasteiger partial charge in [0.2, 0.25) is 5.95 Å². The van der Waals surface area contributed by atoms with Gasteiger partial charge in [-0.2, -0.15) is 18.2 Å². The van der Waals surface area contributed by atoms with Crippen molar-refractivity contribution in [3.05, 3.63) is 60.3 Å². The summed E-state index contributed by atoms with van der Waals surface area (Å²) in [6.45, 7) is 5.27. The topological polar surface area (TPSA) is 68.3 Å². The Balaban J connectivity index is 1.77. The van der Waals surface area contributed by atoms with Gasteiger partial charge in [-0.15, -0.1) is 0 Å². The maximum absolute atomic E-state index is 13.6. The molecule has 0 saturated heterocycles. The Labute approximate surface area is 197 Å². The number of halogens is 3. The molecule has 3 aromatic rings. The molecule has 2 aromatic carbocycles. The largest absolute Gasteiger partial charge is 0.494 e. The molecule has 3 rings (SSSR count). The number of hydrogen-bond donors (Lipinski definition) is 2. The minimum Gasteiger partial charge on any atom is -0.494 e. The first kappa shape index (κ1) is 25.1. The number of benzene rings is 2. The van der Waals surface area contributed by atoms with Gasteiger partial charge >= 0.3 is 6.18 Å². The predicted molar refractivity (Wildman–Crippen MR) is 127 cm³/mol. The average Bonchev–Trinajstić information content (AvgIpc) is 2.81. The lowest BCUT2D eigenvalue weighted by Crippen LogP contribution is -2.12. The number of anilines is 4. The fourth-order valence-corrected chi connectivity index (χ4v) is 3.07. The highest BCUT2D eigenvalue weighted by Crippen LogP contribution is 2.35. The van der Waals surface area contributed by atoms with Gasteiger partial charge in [-0.05, 0) is 49.2 Å². The van der Waals surface area contributed by atoms with Crippen LogP contribution in [0.4, 0.5) is 36.3 Å². The minimum absolute atomic E-state index is 0.0321. The molecular formula is C25H29F3N4O2. The highest BCUT2D eigenvalue weighted by molar-refractivity contribution is 5.64. The Morgan fingerprint density at radius 3 is 2.29 bits per heavy atom. The number of unbranched alkanes of at least 4 members (excludes halogenated alkanes) is 2. The van der Waals surface area contributed by atoms with Gasteiger partial charge in [0.05, 0.1) is 13.2 Å². The van der Waals surface area contributed by atoms with Gasteiger partial charge < -0.3 is 20.1 Å². The van der Waals surface area contributed by atoms with Crippen LogP contribution in [-0.2, 0) is 6.18 Å². The Morgan fingerprint density at radius 1 is 0.824 bits per heavy atom. The van der Waals surface area contributed by atoms with Crippen molar-refractivity contribution < 1.29 is 22.6 Å². The summed E-state index contributed by atoms with van der Waals surface area (Å²) < 4.78 is 52.0. The van der Waals surface area contributed by atoms with E-state index in [4.69, 9.17) is 9.47 Å². The van der Waals surface area contributed by atoms with E-state index in [2.05, 4.69) is 27.5 Å². The van der Waals surface area contributed by atoms with Crippen LogP contribution in [0.2, 0.25) is 0 Å². The summed E-state index contributed by atoms with van der Waals surface area (Å²) in [5.74, 6) is 0.966. The van der Waals surface area contributed by atoms with Crippen molar-refractivity contribution >= 4 is 23.1 Å². The van der Waals surface area contributed by atoms with Crippen LogP contribution >= 0.6 is 0 Å². The van der Waals surface area contributed by atoms with Crippen molar-refractivity contribution in [1.82, 2.24) is 9.97 Å². The molecule has 0 aliphatic carbocycles. The van der Waals surface area contributed by atoms with Crippen molar-refractivity contribution in [3.8, 4) is 11.5 Å². The second-order valence-corrected chi connectivity index (χ2v) is 7.66. The van der Waals surface area contributed by atoms with Crippen molar-refractivity contribution in [3.63, 3.8) is 0 Å². The van der Waals surface area contributed by atoms with Gasteiger partial charge in [-0.25, -0.2) is 4.98 Å². The third kappa shape index (κ3) is 7.54. The molecular weight excluding hydrogens is 445 g/mol. The van der Waals surface area contributed by atoms with E-state index >= 15 is 0 Å². The van der Waals surface area contributed by atoms with Gasteiger partial charge in [0.1, 0.15) is 22.9 Å². The first-order valence-corrected chi connectivity index (χ1v) is 11.3. The zero-order valence-corrected chi connectivity index (χ0v) is 19.3. The molecule has 0 amide bonds. The number of rotatable bonds is 12. The molecule has 0 aliphatic heterocycles. The monoisotopic (exact) mass is 474 g/mol. The fourth-order valence-electron chi connectivity index (χ4n) is 3.07. The molecule has 6 nitrogen and oxygen atoms in total. The van der Waals surface area contributed by atoms with E-state index < -0.39 is 11.7 Å². The molecule has 182 valence electrons. The number of alkyl halides is 3. The minimum atomic E-state index is -4.62. The zero-order valence-electron chi connectivity index (χ0n) is 19.3. The summed E-state index contributed by atoms with van der Waals surface area (Å²) >= 11 is 0. The van der Waals surface area contributed by atoms with E-state index in [1.54, 1.807) is 48.5 Å². The first-order chi connectivity index (χ1) is 16.4. The van der Waals surface area contributed by atoms with Crippen LogP contribution in [-0.4, -0.2) is 23.2 Å². The molecule has 0 atom stereocenters. The van der Waals surface area contributed by atoms with Crippen molar-refractivity contribution in [1.29, 1.82) is 0 Å². The van der Waals surface area contributed by atoms with Gasteiger partial charge in [-0.1, -0.05) is 32.8 Å². The lowest BCUT2D eigenvalue weighted by Gasteiger charge is -2.15. The highest BCUT2D eigenvalue weighted by Gasteiger charge is 2.35. The molecule has 9 heteroatoms. The van der Waals surface area contributed by atoms with Gasteiger partial charge in [0, 0.05) is 23.6 Å². The number of hydrogen-bond acceptors (Lipinski definition) is 6. The summed E-state index contributed by atoms with van der Waals surface area (Å²) in [6.07, 6.45) is 0.0844. The molecule has 0 fully saturated rings. The van der Waals surface area contributed by atoms with Crippen molar-refractivity contribution in [2.75, 3.05) is 23.8 Å². The quantitative estimate of drug-likeness (QED) is 0.268. The first-order valence-electron chi connectivity index (χ1n) is 11.3. The van der Waals surface area contributed by atoms with Crippen LogP contribution in [0.5, 0.6) is 11.5 Å². The summed E-state index contributed by atoms with van der Waals surface area (Å²) in [7, 11) is 0. The van der Waals surface area contributed by atoms with Crippen LogP contribution in [0.15, 0.2) is 54.7 Å². The third-order valence-corrected chi connectivity index (χ3v) is 4.79. The number of nitrogens with zero attached hydrogens (tertiary/aromatic N) is 2. The number of nitrogens with one attached hydrogen (secondary N) is 2. The predicted octanol–water partition coefficient (Wildman–Crippen LogP) is 7.34.